The summed E-state index contributed by atoms with van der Waals surface area (Å²) < 4.78 is 32.0. The molecule has 4 aromatic rings. The number of aromatic amines is 1. The van der Waals surface area contributed by atoms with Gasteiger partial charge < -0.3 is 4.42 Å². The maximum atomic E-state index is 11.4. The first-order valence-electron chi connectivity index (χ1n) is 9.29. The fourth-order valence-corrected chi connectivity index (χ4v) is 3.44. The third-order valence-corrected chi connectivity index (χ3v) is 4.83. The van der Waals surface area contributed by atoms with E-state index in [4.69, 9.17) is 4.42 Å². The predicted octanol–water partition coefficient (Wildman–Crippen LogP) is 3.50. The minimum atomic E-state index is -3.35. The van der Waals surface area contributed by atoms with Crippen molar-refractivity contribution in [3.63, 3.8) is 0 Å². The monoisotopic (exact) mass is 443 g/mol. The molecule has 0 aliphatic heterocycles. The van der Waals surface area contributed by atoms with Crippen LogP contribution in [0.5, 0.6) is 0 Å². The van der Waals surface area contributed by atoms with E-state index in [0.29, 0.717) is 34.3 Å². The van der Waals surface area contributed by atoms with E-state index in [0.717, 1.165) is 11.9 Å². The average Bonchev–Trinajstić information content (AvgIpc) is 3.33. The van der Waals surface area contributed by atoms with Gasteiger partial charge in [-0.25, -0.2) is 13.4 Å². The Bertz CT molecular complexity index is 1370. The van der Waals surface area contributed by atoms with Gasteiger partial charge in [0.2, 0.25) is 21.6 Å². The number of sulfonamides is 1. The smallest absolute Gasteiger partial charge is 0.361 e. The van der Waals surface area contributed by atoms with Crippen molar-refractivity contribution in [1.82, 2.24) is 30.0 Å². The third-order valence-electron chi connectivity index (χ3n) is 4.22. The van der Waals surface area contributed by atoms with E-state index >= 15 is 0 Å². The van der Waals surface area contributed by atoms with Gasteiger partial charge in [-0.2, -0.15) is 4.63 Å². The molecule has 2 N–H and O–H groups in total. The van der Waals surface area contributed by atoms with Crippen LogP contribution in [0.1, 0.15) is 32.4 Å². The first kappa shape index (κ1) is 20.7. The molecule has 0 unspecified atom stereocenters. The summed E-state index contributed by atoms with van der Waals surface area (Å²) >= 11 is 0. The number of aromatic nitrogens is 6. The molecule has 3 aromatic heterocycles. The molecule has 0 amide bonds. The Morgan fingerprint density at radius 1 is 1.13 bits per heavy atom. The molecule has 0 saturated heterocycles. The topological polar surface area (TPSA) is 156 Å². The van der Waals surface area contributed by atoms with Gasteiger partial charge in [0.25, 0.3) is 0 Å². The Kier molecular flexibility index (Phi) is 4.84. The van der Waals surface area contributed by atoms with Crippen molar-refractivity contribution in [2.24, 2.45) is 10.2 Å². The van der Waals surface area contributed by atoms with E-state index in [1.54, 1.807) is 31.2 Å². The van der Waals surface area contributed by atoms with Gasteiger partial charge in [0.15, 0.2) is 11.5 Å². The van der Waals surface area contributed by atoms with E-state index in [-0.39, 0.29) is 11.4 Å². The Morgan fingerprint density at radius 2 is 1.84 bits per heavy atom. The van der Waals surface area contributed by atoms with Gasteiger partial charge in [0.1, 0.15) is 0 Å². The van der Waals surface area contributed by atoms with Crippen LogP contribution in [-0.4, -0.2) is 44.7 Å². The number of nitrogens with one attached hydrogen (secondary N) is 2. The van der Waals surface area contributed by atoms with Crippen LogP contribution in [0.3, 0.4) is 0 Å². The van der Waals surface area contributed by atoms with Crippen LogP contribution in [0.4, 0.5) is 17.4 Å². The van der Waals surface area contributed by atoms with Crippen LogP contribution in [0, 0.1) is 6.92 Å². The Hall–Kier alpha value is -3.61. The normalized spacial score (nSPS) is 12.8. The van der Waals surface area contributed by atoms with E-state index in [1.165, 1.54) is 4.63 Å². The lowest BCUT2D eigenvalue weighted by Crippen LogP contribution is -2.12. The SMILES string of the molecule is Cc1nnc(N=Nc2c(C(C)(C)C)[nH]n3nc(-c4ccc(NS(C)(=O)=O)cc4)nc23)o1. The minimum Gasteiger partial charge on any atom is -0.406 e. The molecule has 0 bridgehead atoms. The zero-order valence-electron chi connectivity index (χ0n) is 17.6. The number of azo groups is 1. The number of aryl methyl sites for hydroxylation is 1. The van der Waals surface area contributed by atoms with E-state index < -0.39 is 10.0 Å². The Labute approximate surface area is 177 Å². The molecule has 31 heavy (non-hydrogen) atoms. The lowest BCUT2D eigenvalue weighted by molar-refractivity contribution is 0.524. The number of benzene rings is 1. The maximum Gasteiger partial charge on any atom is 0.361 e. The quantitative estimate of drug-likeness (QED) is 0.447. The number of hydrogen-bond acceptors (Lipinski definition) is 9. The first-order chi connectivity index (χ1) is 14.5. The molecule has 0 radical (unpaired) electrons. The standard InChI is InChI=1S/C18H21N9O3S/c1-10-20-22-17(30-10)23-21-13-14(18(2,3)4)24-27-16(13)19-15(25-27)11-6-8-12(9-7-11)26-31(5,28)29/h6-9,24,26H,1-5H3. The number of H-pyrrole nitrogens is 1. The fourth-order valence-electron chi connectivity index (χ4n) is 2.87. The van der Waals surface area contributed by atoms with Gasteiger partial charge in [-0.05, 0) is 24.3 Å². The Balaban J connectivity index is 1.73. The minimum absolute atomic E-state index is 0.0467. The number of nitrogens with zero attached hydrogens (tertiary/aromatic N) is 7. The van der Waals surface area contributed by atoms with Crippen molar-refractivity contribution in [2.75, 3.05) is 11.0 Å². The van der Waals surface area contributed by atoms with Crippen LogP contribution in [0.25, 0.3) is 17.0 Å². The van der Waals surface area contributed by atoms with Crippen LogP contribution in [-0.2, 0) is 15.4 Å². The van der Waals surface area contributed by atoms with Crippen molar-refractivity contribution in [1.29, 1.82) is 0 Å². The van der Waals surface area contributed by atoms with Gasteiger partial charge in [-0.3, -0.25) is 9.82 Å². The molecule has 0 fully saturated rings. The molecule has 0 aliphatic carbocycles. The number of anilines is 1. The van der Waals surface area contributed by atoms with Crippen molar-refractivity contribution < 1.29 is 12.8 Å². The van der Waals surface area contributed by atoms with E-state index in [9.17, 15) is 8.42 Å². The molecule has 3 heterocycles. The zero-order chi connectivity index (χ0) is 22.4. The first-order valence-corrected chi connectivity index (χ1v) is 11.2. The van der Waals surface area contributed by atoms with E-state index in [2.05, 4.69) is 40.3 Å². The molecular formula is C18H21N9O3S. The second-order valence-electron chi connectivity index (χ2n) is 8.01. The molecule has 1 aromatic carbocycles. The number of fused-ring (bicyclic) bond motifs is 1. The second-order valence-corrected chi connectivity index (χ2v) is 9.76. The highest BCUT2D eigenvalue weighted by molar-refractivity contribution is 7.92. The highest BCUT2D eigenvalue weighted by Crippen LogP contribution is 2.35. The highest BCUT2D eigenvalue weighted by atomic mass is 32.2. The summed E-state index contributed by atoms with van der Waals surface area (Å²) in [7, 11) is -3.35. The molecule has 4 rings (SSSR count). The summed E-state index contributed by atoms with van der Waals surface area (Å²) in [5.74, 6) is 0.838. The van der Waals surface area contributed by atoms with Gasteiger partial charge >= 0.3 is 6.01 Å². The number of rotatable bonds is 5. The van der Waals surface area contributed by atoms with Gasteiger partial charge in [0, 0.05) is 23.6 Å². The molecule has 0 saturated carbocycles. The molecule has 13 heteroatoms. The average molecular weight is 443 g/mol. The third kappa shape index (κ3) is 4.45. The summed E-state index contributed by atoms with van der Waals surface area (Å²) in [5, 5.41) is 23.6. The zero-order valence-corrected chi connectivity index (χ0v) is 18.4. The van der Waals surface area contributed by atoms with Gasteiger partial charge in [-0.15, -0.1) is 15.3 Å². The molecule has 0 spiro atoms. The van der Waals surface area contributed by atoms with Crippen LogP contribution < -0.4 is 4.72 Å². The molecule has 0 atom stereocenters. The van der Waals surface area contributed by atoms with Crippen LogP contribution in [0.15, 0.2) is 38.9 Å². The fraction of sp³-hybridized carbons (Fsp3) is 0.333. The van der Waals surface area contributed by atoms with Crippen LogP contribution >= 0.6 is 0 Å². The van der Waals surface area contributed by atoms with Crippen molar-refractivity contribution in [3.05, 3.63) is 35.9 Å². The molecule has 162 valence electrons. The van der Waals surface area contributed by atoms with E-state index in [1.807, 2.05) is 20.8 Å². The summed E-state index contributed by atoms with van der Waals surface area (Å²) in [6.45, 7) is 7.76. The van der Waals surface area contributed by atoms with Crippen molar-refractivity contribution in [3.8, 4) is 11.4 Å². The summed E-state index contributed by atoms with van der Waals surface area (Å²) in [6, 6.07) is 6.80. The largest absolute Gasteiger partial charge is 0.406 e. The molecular weight excluding hydrogens is 422 g/mol. The number of hydrogen-bond donors (Lipinski definition) is 2. The molecule has 12 nitrogen and oxygen atoms in total. The summed E-state index contributed by atoms with van der Waals surface area (Å²) in [6.07, 6.45) is 1.10. The molecule has 0 aliphatic rings. The lowest BCUT2D eigenvalue weighted by atomic mass is 9.91. The van der Waals surface area contributed by atoms with Crippen LogP contribution in [0.2, 0.25) is 0 Å². The van der Waals surface area contributed by atoms with Crippen molar-refractivity contribution >= 4 is 33.1 Å². The maximum absolute atomic E-state index is 11.4. The van der Waals surface area contributed by atoms with Crippen molar-refractivity contribution in [2.45, 2.75) is 33.1 Å². The lowest BCUT2D eigenvalue weighted by Gasteiger charge is -2.16. The predicted molar refractivity (Wildman–Crippen MR) is 113 cm³/mol. The second kappa shape index (κ2) is 7.27. The van der Waals surface area contributed by atoms with Gasteiger partial charge in [-0.1, -0.05) is 31.0 Å². The van der Waals surface area contributed by atoms with Gasteiger partial charge in [0.05, 0.1) is 11.9 Å². The highest BCUT2D eigenvalue weighted by Gasteiger charge is 2.26. The summed E-state index contributed by atoms with van der Waals surface area (Å²) in [4.78, 5) is 4.60. The Morgan fingerprint density at radius 3 is 2.42 bits per heavy atom. The summed E-state index contributed by atoms with van der Waals surface area (Å²) in [5.41, 5.74) is 2.68.